The van der Waals surface area contributed by atoms with Crippen molar-refractivity contribution in [3.05, 3.63) is 82.8 Å². The molecule has 5 rings (SSSR count). The standard InChI is InChI=1S/C24H24N4O2/c29-23(6-5-17-3-1-7-25-12-17)27-14-18-9-21(16-27)22-10-20(11-24(30)28(22)15-18)19-4-2-8-26-13-19/h1-4,7-8,10-13,18,21H,5-6,9,14-16H2/t18-,21+/m0/s1. The highest BCUT2D eigenvalue weighted by Crippen LogP contribution is 2.36. The first kappa shape index (κ1) is 18.7. The number of piperidine rings is 1. The smallest absolute Gasteiger partial charge is 0.251 e. The van der Waals surface area contributed by atoms with E-state index in [1.165, 1.54) is 0 Å². The van der Waals surface area contributed by atoms with Crippen molar-refractivity contribution in [1.29, 1.82) is 0 Å². The van der Waals surface area contributed by atoms with Crippen LogP contribution in [0.4, 0.5) is 0 Å². The Morgan fingerprint density at radius 2 is 1.83 bits per heavy atom. The Bertz CT molecular complexity index is 1110. The molecule has 1 saturated heterocycles. The summed E-state index contributed by atoms with van der Waals surface area (Å²) in [4.78, 5) is 36.0. The monoisotopic (exact) mass is 400 g/mol. The van der Waals surface area contributed by atoms with Gasteiger partial charge in [-0.05, 0) is 48.1 Å². The first-order valence-corrected chi connectivity index (χ1v) is 10.5. The van der Waals surface area contributed by atoms with E-state index in [0.717, 1.165) is 35.3 Å². The fourth-order valence-electron chi connectivity index (χ4n) is 4.82. The first-order valence-electron chi connectivity index (χ1n) is 10.5. The van der Waals surface area contributed by atoms with Gasteiger partial charge in [0.15, 0.2) is 0 Å². The first-order chi connectivity index (χ1) is 14.7. The zero-order valence-corrected chi connectivity index (χ0v) is 16.8. The molecule has 6 nitrogen and oxygen atoms in total. The third kappa shape index (κ3) is 3.65. The molecule has 0 aliphatic carbocycles. The molecule has 0 aromatic carbocycles. The Hall–Kier alpha value is -3.28. The molecule has 2 atom stereocenters. The van der Waals surface area contributed by atoms with E-state index in [1.54, 1.807) is 24.7 Å². The number of rotatable bonds is 4. The fraction of sp³-hybridized carbons (Fsp3) is 0.333. The van der Waals surface area contributed by atoms with Gasteiger partial charge in [0, 0.05) is 74.1 Å². The quantitative estimate of drug-likeness (QED) is 0.675. The Labute approximate surface area is 175 Å². The van der Waals surface area contributed by atoms with E-state index in [9.17, 15) is 9.59 Å². The number of amides is 1. The molecule has 0 saturated carbocycles. The Balaban J connectivity index is 1.36. The number of hydrogen-bond acceptors (Lipinski definition) is 4. The molecule has 0 radical (unpaired) electrons. The van der Waals surface area contributed by atoms with Crippen LogP contribution in [0.1, 0.15) is 30.0 Å². The van der Waals surface area contributed by atoms with Crippen LogP contribution in [0.15, 0.2) is 66.0 Å². The molecule has 0 N–H and O–H groups in total. The molecule has 6 heteroatoms. The topological polar surface area (TPSA) is 68.1 Å². The lowest BCUT2D eigenvalue weighted by Gasteiger charge is -2.43. The lowest BCUT2D eigenvalue weighted by Crippen LogP contribution is -2.49. The summed E-state index contributed by atoms with van der Waals surface area (Å²) in [6.07, 6.45) is 9.31. The van der Waals surface area contributed by atoms with Gasteiger partial charge in [-0.15, -0.1) is 0 Å². The molecule has 2 aliphatic rings. The largest absolute Gasteiger partial charge is 0.342 e. The van der Waals surface area contributed by atoms with Crippen molar-refractivity contribution < 1.29 is 4.79 Å². The van der Waals surface area contributed by atoms with Gasteiger partial charge in [-0.1, -0.05) is 12.1 Å². The van der Waals surface area contributed by atoms with Gasteiger partial charge >= 0.3 is 0 Å². The second-order valence-corrected chi connectivity index (χ2v) is 8.32. The summed E-state index contributed by atoms with van der Waals surface area (Å²) in [7, 11) is 0. The van der Waals surface area contributed by atoms with Crippen molar-refractivity contribution >= 4 is 5.91 Å². The van der Waals surface area contributed by atoms with Crippen LogP contribution in [0.5, 0.6) is 0 Å². The van der Waals surface area contributed by atoms with Crippen LogP contribution in [-0.4, -0.2) is 38.4 Å². The van der Waals surface area contributed by atoms with Gasteiger partial charge in [0.1, 0.15) is 0 Å². The summed E-state index contributed by atoms with van der Waals surface area (Å²) in [5, 5.41) is 0. The van der Waals surface area contributed by atoms with Crippen LogP contribution >= 0.6 is 0 Å². The molecule has 5 heterocycles. The number of carbonyl (C=O) groups is 1. The third-order valence-electron chi connectivity index (χ3n) is 6.25. The number of pyridine rings is 3. The number of likely N-dealkylation sites (tertiary alicyclic amines) is 1. The van der Waals surface area contributed by atoms with Crippen LogP contribution in [-0.2, 0) is 17.8 Å². The Morgan fingerprint density at radius 1 is 1.00 bits per heavy atom. The highest BCUT2D eigenvalue weighted by molar-refractivity contribution is 5.76. The maximum absolute atomic E-state index is 12.9. The maximum Gasteiger partial charge on any atom is 0.251 e. The molecular weight excluding hydrogens is 376 g/mol. The molecule has 1 fully saturated rings. The Morgan fingerprint density at radius 3 is 2.60 bits per heavy atom. The molecule has 3 aromatic rings. The molecular formula is C24H24N4O2. The average molecular weight is 400 g/mol. The molecule has 152 valence electrons. The van der Waals surface area contributed by atoms with E-state index in [0.29, 0.717) is 31.8 Å². The van der Waals surface area contributed by atoms with Gasteiger partial charge in [-0.2, -0.15) is 0 Å². The van der Waals surface area contributed by atoms with Crippen molar-refractivity contribution in [1.82, 2.24) is 19.4 Å². The zero-order valence-electron chi connectivity index (χ0n) is 16.8. The van der Waals surface area contributed by atoms with Crippen molar-refractivity contribution in [2.45, 2.75) is 31.7 Å². The average Bonchev–Trinajstić information content (AvgIpc) is 2.79. The van der Waals surface area contributed by atoms with Gasteiger partial charge < -0.3 is 9.47 Å². The summed E-state index contributed by atoms with van der Waals surface area (Å²) < 4.78 is 1.91. The van der Waals surface area contributed by atoms with Crippen molar-refractivity contribution in [2.24, 2.45) is 5.92 Å². The Kier molecular flexibility index (Phi) is 4.91. The van der Waals surface area contributed by atoms with Crippen LogP contribution in [0.2, 0.25) is 0 Å². The number of aryl methyl sites for hydroxylation is 1. The van der Waals surface area contributed by atoms with Gasteiger partial charge in [0.25, 0.3) is 5.56 Å². The van der Waals surface area contributed by atoms with Crippen LogP contribution in [0, 0.1) is 5.92 Å². The lowest BCUT2D eigenvalue weighted by molar-refractivity contribution is -0.133. The summed E-state index contributed by atoms with van der Waals surface area (Å²) in [6.45, 7) is 2.10. The van der Waals surface area contributed by atoms with E-state index in [1.807, 2.05) is 39.9 Å². The maximum atomic E-state index is 12.9. The number of fused-ring (bicyclic) bond motifs is 4. The number of aromatic nitrogens is 3. The SMILES string of the molecule is O=C(CCc1cccnc1)N1C[C@@H]2C[C@H](C1)c1cc(-c3cccnc3)cc(=O)n1C2. The minimum absolute atomic E-state index is 0.0393. The molecule has 3 aromatic heterocycles. The fourth-order valence-corrected chi connectivity index (χ4v) is 4.82. The highest BCUT2D eigenvalue weighted by atomic mass is 16.2. The summed E-state index contributed by atoms with van der Waals surface area (Å²) >= 11 is 0. The van der Waals surface area contributed by atoms with E-state index in [-0.39, 0.29) is 17.4 Å². The van der Waals surface area contributed by atoms with Crippen molar-refractivity contribution in [3.8, 4) is 11.1 Å². The highest BCUT2D eigenvalue weighted by Gasteiger charge is 2.36. The summed E-state index contributed by atoms with van der Waals surface area (Å²) in [6, 6.07) is 11.6. The predicted molar refractivity (Wildman–Crippen MR) is 114 cm³/mol. The van der Waals surface area contributed by atoms with Gasteiger partial charge in [-0.25, -0.2) is 0 Å². The van der Waals surface area contributed by atoms with Crippen LogP contribution in [0.25, 0.3) is 11.1 Å². The normalized spacial score (nSPS) is 19.9. The van der Waals surface area contributed by atoms with Crippen molar-refractivity contribution in [2.75, 3.05) is 13.1 Å². The molecule has 2 bridgehead atoms. The molecule has 30 heavy (non-hydrogen) atoms. The molecule has 2 aliphatic heterocycles. The van der Waals surface area contributed by atoms with E-state index < -0.39 is 0 Å². The van der Waals surface area contributed by atoms with Gasteiger partial charge in [0.2, 0.25) is 5.91 Å². The second kappa shape index (κ2) is 7.86. The summed E-state index contributed by atoms with van der Waals surface area (Å²) in [5.74, 6) is 0.720. The van der Waals surface area contributed by atoms with Gasteiger partial charge in [0.05, 0.1) is 0 Å². The second-order valence-electron chi connectivity index (χ2n) is 8.32. The van der Waals surface area contributed by atoms with Crippen LogP contribution < -0.4 is 5.56 Å². The van der Waals surface area contributed by atoms with Gasteiger partial charge in [-0.3, -0.25) is 19.6 Å². The minimum atomic E-state index is 0.0393. The van der Waals surface area contributed by atoms with E-state index >= 15 is 0 Å². The summed E-state index contributed by atoms with van der Waals surface area (Å²) in [5.41, 5.74) is 4.01. The lowest BCUT2D eigenvalue weighted by atomic mass is 9.82. The van der Waals surface area contributed by atoms with E-state index in [4.69, 9.17) is 0 Å². The zero-order chi connectivity index (χ0) is 20.5. The minimum Gasteiger partial charge on any atom is -0.342 e. The predicted octanol–water partition coefficient (Wildman–Crippen LogP) is 2.88. The molecule has 1 amide bonds. The van der Waals surface area contributed by atoms with E-state index in [2.05, 4.69) is 16.0 Å². The third-order valence-corrected chi connectivity index (χ3v) is 6.25. The molecule has 0 spiro atoms. The molecule has 0 unspecified atom stereocenters. The van der Waals surface area contributed by atoms with Crippen LogP contribution in [0.3, 0.4) is 0 Å². The number of nitrogens with zero attached hydrogens (tertiary/aromatic N) is 4. The number of carbonyl (C=O) groups excluding carboxylic acids is 1. The number of hydrogen-bond donors (Lipinski definition) is 0. The van der Waals surface area contributed by atoms with Crippen molar-refractivity contribution in [3.63, 3.8) is 0 Å².